The monoisotopic (exact) mass is 167 g/mol. The van der Waals surface area contributed by atoms with Crippen molar-refractivity contribution in [2.75, 3.05) is 19.8 Å². The van der Waals surface area contributed by atoms with Gasteiger partial charge in [0, 0.05) is 0 Å². The van der Waals surface area contributed by atoms with E-state index >= 15 is 0 Å². The van der Waals surface area contributed by atoms with E-state index in [0.717, 1.165) is 0 Å². The molecule has 0 aromatic rings. The third-order valence-electron chi connectivity index (χ3n) is 0.787. The molecule has 0 spiro atoms. The Bertz CT molecular complexity index is 55.7. The second-order valence-corrected chi connectivity index (χ2v) is 2.92. The van der Waals surface area contributed by atoms with E-state index in [2.05, 4.69) is 0 Å². The first-order chi connectivity index (χ1) is 4.85. The minimum atomic E-state index is -1.40. The average Bonchev–Trinajstić information content (AvgIpc) is 1.90. The van der Waals surface area contributed by atoms with Gasteiger partial charge in [-0.3, -0.25) is 0 Å². The molecule has 10 heavy (non-hydrogen) atoms. The molecule has 0 unspecified atom stereocenters. The van der Waals surface area contributed by atoms with Gasteiger partial charge in [0.05, 0.1) is 19.8 Å². The maximum absolute atomic E-state index is 5.18. The van der Waals surface area contributed by atoms with E-state index in [9.17, 15) is 0 Å². The molecule has 0 fully saturated rings. The Morgan fingerprint density at radius 3 is 1.30 bits per heavy atom. The van der Waals surface area contributed by atoms with Crippen molar-refractivity contribution in [1.82, 2.24) is 0 Å². The van der Waals surface area contributed by atoms with Gasteiger partial charge in [0.2, 0.25) is 0 Å². The van der Waals surface area contributed by atoms with Crippen LogP contribution in [0.5, 0.6) is 0 Å². The van der Waals surface area contributed by atoms with Crippen molar-refractivity contribution in [1.29, 1.82) is 0 Å². The third kappa shape index (κ3) is 5.12. The molecule has 0 amide bonds. The van der Waals surface area contributed by atoms with Gasteiger partial charge in [0.1, 0.15) is 0 Å². The standard InChI is InChI=1S/C6H16O3P/c1-4-7-10(8-5-2)9-6-3/h10H,4-6H2,1-3H3/q+1. The molecule has 4 heteroatoms. The Labute approximate surface area is 63.7 Å². The lowest BCUT2D eigenvalue weighted by Gasteiger charge is -2.03. The van der Waals surface area contributed by atoms with Crippen LogP contribution in [0.15, 0.2) is 0 Å². The summed E-state index contributed by atoms with van der Waals surface area (Å²) >= 11 is 0. The second kappa shape index (κ2) is 7.42. The molecule has 0 atom stereocenters. The van der Waals surface area contributed by atoms with Crippen LogP contribution in [0.1, 0.15) is 20.8 Å². The van der Waals surface area contributed by atoms with Crippen LogP contribution in [-0.2, 0) is 13.6 Å². The highest BCUT2D eigenvalue weighted by Gasteiger charge is 2.16. The molecule has 0 aliphatic carbocycles. The van der Waals surface area contributed by atoms with Gasteiger partial charge in [-0.05, 0) is 20.8 Å². The van der Waals surface area contributed by atoms with Gasteiger partial charge < -0.3 is 0 Å². The first kappa shape index (κ1) is 10.3. The average molecular weight is 167 g/mol. The molecule has 0 aliphatic rings. The minimum Gasteiger partial charge on any atom is -0.180 e. The van der Waals surface area contributed by atoms with Crippen LogP contribution in [0.4, 0.5) is 0 Å². The first-order valence-electron chi connectivity index (χ1n) is 3.60. The Hall–Kier alpha value is 0.310. The van der Waals surface area contributed by atoms with E-state index < -0.39 is 8.60 Å². The Kier molecular flexibility index (Phi) is 7.65. The molecular weight excluding hydrogens is 151 g/mol. The highest BCUT2D eigenvalue weighted by molar-refractivity contribution is 7.41. The number of hydrogen-bond donors (Lipinski definition) is 0. The molecule has 62 valence electrons. The number of rotatable bonds is 6. The van der Waals surface area contributed by atoms with Gasteiger partial charge >= 0.3 is 8.60 Å². The zero-order chi connectivity index (χ0) is 7.82. The van der Waals surface area contributed by atoms with E-state index in [1.54, 1.807) is 0 Å². The van der Waals surface area contributed by atoms with Crippen LogP contribution in [0.3, 0.4) is 0 Å². The molecule has 0 radical (unpaired) electrons. The fraction of sp³-hybridized carbons (Fsp3) is 1.00. The molecule has 0 aliphatic heterocycles. The van der Waals surface area contributed by atoms with Crippen molar-refractivity contribution >= 4 is 8.60 Å². The molecule has 0 saturated heterocycles. The predicted molar refractivity (Wildman–Crippen MR) is 43.2 cm³/mol. The Morgan fingerprint density at radius 2 is 1.10 bits per heavy atom. The van der Waals surface area contributed by atoms with Crippen molar-refractivity contribution < 1.29 is 13.6 Å². The van der Waals surface area contributed by atoms with Crippen LogP contribution in [0, 0.1) is 0 Å². The Balaban J connectivity index is 3.30. The molecule has 0 rings (SSSR count). The van der Waals surface area contributed by atoms with Gasteiger partial charge in [0.25, 0.3) is 0 Å². The summed E-state index contributed by atoms with van der Waals surface area (Å²) in [5.41, 5.74) is 0. The molecule has 0 bridgehead atoms. The van der Waals surface area contributed by atoms with E-state index in [-0.39, 0.29) is 0 Å². The predicted octanol–water partition coefficient (Wildman–Crippen LogP) is 2.06. The van der Waals surface area contributed by atoms with Crippen molar-refractivity contribution in [2.24, 2.45) is 0 Å². The van der Waals surface area contributed by atoms with Gasteiger partial charge in [-0.1, -0.05) is 0 Å². The smallest absolute Gasteiger partial charge is 0.180 e. The van der Waals surface area contributed by atoms with Crippen LogP contribution < -0.4 is 0 Å². The minimum absolute atomic E-state index is 0.661. The summed E-state index contributed by atoms with van der Waals surface area (Å²) in [7, 11) is -1.40. The van der Waals surface area contributed by atoms with E-state index in [4.69, 9.17) is 13.6 Å². The molecule has 0 heterocycles. The van der Waals surface area contributed by atoms with Crippen LogP contribution in [0.25, 0.3) is 0 Å². The fourth-order valence-electron chi connectivity index (χ4n) is 0.479. The van der Waals surface area contributed by atoms with Crippen molar-refractivity contribution in [3.8, 4) is 0 Å². The van der Waals surface area contributed by atoms with Crippen LogP contribution in [-0.4, -0.2) is 19.8 Å². The first-order valence-corrected chi connectivity index (χ1v) is 4.82. The quantitative estimate of drug-likeness (QED) is 0.566. The molecule has 0 N–H and O–H groups in total. The highest BCUT2D eigenvalue weighted by atomic mass is 31.2. The lowest BCUT2D eigenvalue weighted by Crippen LogP contribution is -1.94. The highest BCUT2D eigenvalue weighted by Crippen LogP contribution is 2.38. The molecule has 0 aromatic heterocycles. The summed E-state index contributed by atoms with van der Waals surface area (Å²) in [6.07, 6.45) is 0. The number of hydrogen-bond acceptors (Lipinski definition) is 3. The van der Waals surface area contributed by atoms with Crippen LogP contribution >= 0.6 is 8.60 Å². The van der Waals surface area contributed by atoms with E-state index in [1.165, 1.54) is 0 Å². The fourth-order valence-corrected chi connectivity index (χ4v) is 1.44. The SMILES string of the molecule is CCO[PH+](OCC)OCC. The van der Waals surface area contributed by atoms with Gasteiger partial charge in [-0.15, -0.1) is 0 Å². The lowest BCUT2D eigenvalue weighted by molar-refractivity contribution is 0.176. The normalized spacial score (nSPS) is 10.8. The third-order valence-corrected chi connectivity index (χ3v) is 2.36. The summed E-state index contributed by atoms with van der Waals surface area (Å²) in [5, 5.41) is 0. The molecule has 0 saturated carbocycles. The topological polar surface area (TPSA) is 27.7 Å². The summed E-state index contributed by atoms with van der Waals surface area (Å²) in [6, 6.07) is 0. The molecule has 3 nitrogen and oxygen atoms in total. The molecule has 0 aromatic carbocycles. The largest absolute Gasteiger partial charge is 0.397 e. The summed E-state index contributed by atoms with van der Waals surface area (Å²) in [4.78, 5) is 0. The Morgan fingerprint density at radius 1 is 0.800 bits per heavy atom. The summed E-state index contributed by atoms with van der Waals surface area (Å²) in [5.74, 6) is 0. The van der Waals surface area contributed by atoms with E-state index in [0.29, 0.717) is 19.8 Å². The summed E-state index contributed by atoms with van der Waals surface area (Å²) < 4.78 is 15.5. The van der Waals surface area contributed by atoms with Crippen molar-refractivity contribution in [3.05, 3.63) is 0 Å². The maximum atomic E-state index is 5.18. The zero-order valence-corrected chi connectivity index (χ0v) is 7.85. The van der Waals surface area contributed by atoms with Crippen molar-refractivity contribution in [2.45, 2.75) is 20.8 Å². The second-order valence-electron chi connectivity index (χ2n) is 1.55. The van der Waals surface area contributed by atoms with Gasteiger partial charge in [0.15, 0.2) is 0 Å². The van der Waals surface area contributed by atoms with Crippen molar-refractivity contribution in [3.63, 3.8) is 0 Å². The van der Waals surface area contributed by atoms with Gasteiger partial charge in [-0.25, -0.2) is 0 Å². The maximum Gasteiger partial charge on any atom is 0.397 e. The zero-order valence-electron chi connectivity index (χ0n) is 6.85. The summed E-state index contributed by atoms with van der Waals surface area (Å²) in [6.45, 7) is 7.78. The van der Waals surface area contributed by atoms with Gasteiger partial charge in [-0.2, -0.15) is 13.6 Å². The van der Waals surface area contributed by atoms with E-state index in [1.807, 2.05) is 20.8 Å². The lowest BCUT2D eigenvalue weighted by atomic mass is 10.9. The van der Waals surface area contributed by atoms with Crippen LogP contribution in [0.2, 0.25) is 0 Å². The molecular formula is C6H16O3P+.